The predicted molar refractivity (Wildman–Crippen MR) is 278 cm³/mol. The maximum Gasteiger partial charge on any atom is 0.313 e. The fourth-order valence-corrected chi connectivity index (χ4v) is 9.00. The molecule has 0 unspecified atom stereocenters. The minimum absolute atomic E-state index is 0.0149. The second kappa shape index (κ2) is 31.1. The van der Waals surface area contributed by atoms with Gasteiger partial charge in [0.15, 0.2) is 11.6 Å². The van der Waals surface area contributed by atoms with Gasteiger partial charge in [0.1, 0.15) is 22.6 Å². The van der Waals surface area contributed by atoms with E-state index in [1.54, 1.807) is 45.3 Å². The van der Waals surface area contributed by atoms with E-state index < -0.39 is 46.8 Å². The van der Waals surface area contributed by atoms with Crippen molar-refractivity contribution in [3.8, 4) is 5.75 Å². The molecule has 438 valence electrons. The predicted octanol–water partition coefficient (Wildman–Crippen LogP) is 5.02. The molecule has 2 amide bonds. The first-order valence-corrected chi connectivity index (χ1v) is 26.7. The number of carbonyl (C=O) groups excluding carboxylic acids is 3. The number of rotatable bonds is 38. The highest BCUT2D eigenvalue weighted by Crippen LogP contribution is 2.48. The number of aromatic amines is 1. The number of amides is 2. The van der Waals surface area contributed by atoms with Crippen molar-refractivity contribution in [1.82, 2.24) is 44.6 Å². The fourth-order valence-electron chi connectivity index (χ4n) is 8.83. The zero-order valence-corrected chi connectivity index (χ0v) is 45.1. The number of fused-ring (bicyclic) bond motifs is 3. The summed E-state index contributed by atoms with van der Waals surface area (Å²) in [5.41, 5.74) is 3.35. The van der Waals surface area contributed by atoms with Crippen LogP contribution in [-0.4, -0.2) is 188 Å². The number of aromatic nitrogens is 8. The van der Waals surface area contributed by atoms with Gasteiger partial charge in [0.2, 0.25) is 23.3 Å². The van der Waals surface area contributed by atoms with Gasteiger partial charge < -0.3 is 61.7 Å². The monoisotopic (exact) mass is 1160 g/mol. The van der Waals surface area contributed by atoms with Crippen molar-refractivity contribution in [3.05, 3.63) is 112 Å². The summed E-state index contributed by atoms with van der Waals surface area (Å²) in [5.74, 6) is -9.14. The van der Waals surface area contributed by atoms with Gasteiger partial charge in [-0.25, -0.2) is 18.4 Å². The minimum Gasteiger partial charge on any atom is -0.420 e. The van der Waals surface area contributed by atoms with Crippen molar-refractivity contribution in [2.24, 2.45) is 0 Å². The normalized spacial score (nSPS) is 13.7. The number of benzene rings is 2. The van der Waals surface area contributed by atoms with Crippen LogP contribution in [-0.2, 0) is 83.9 Å². The van der Waals surface area contributed by atoms with Crippen LogP contribution in [0, 0.1) is 23.3 Å². The number of esters is 1. The maximum absolute atomic E-state index is 14.3. The first-order chi connectivity index (χ1) is 39.5. The molecular weight excluding hydrogens is 1100 g/mol. The Labute approximate surface area is 467 Å². The van der Waals surface area contributed by atoms with E-state index >= 15 is 0 Å². The van der Waals surface area contributed by atoms with Crippen LogP contribution in [0.1, 0.15) is 46.8 Å². The second-order valence-corrected chi connectivity index (χ2v) is 18.9. The third-order valence-corrected chi connectivity index (χ3v) is 13.1. The first-order valence-electron chi connectivity index (χ1n) is 26.3. The van der Waals surface area contributed by atoms with Crippen molar-refractivity contribution in [2.75, 3.05) is 130 Å². The lowest BCUT2D eigenvalue weighted by Gasteiger charge is -2.46. The van der Waals surface area contributed by atoms with E-state index in [0.29, 0.717) is 121 Å². The molecule has 23 nitrogen and oxygen atoms in total. The lowest BCUT2D eigenvalue weighted by atomic mass is 9.74. The summed E-state index contributed by atoms with van der Waals surface area (Å²) in [5, 5.41) is 15.5. The Morgan fingerprint density at radius 2 is 1.32 bits per heavy atom. The van der Waals surface area contributed by atoms with Gasteiger partial charge in [-0.05, 0) is 48.7 Å². The van der Waals surface area contributed by atoms with Gasteiger partial charge in [0.05, 0.1) is 161 Å². The topological polar surface area (TPSA) is 240 Å². The molecule has 1 N–H and O–H groups in total. The van der Waals surface area contributed by atoms with E-state index in [4.69, 9.17) is 59.2 Å². The summed E-state index contributed by atoms with van der Waals surface area (Å²) < 4.78 is 112. The average molecular weight is 1160 g/mol. The van der Waals surface area contributed by atoms with Crippen LogP contribution in [0.2, 0.25) is 5.02 Å². The molecule has 81 heavy (non-hydrogen) atoms. The molecule has 28 heteroatoms. The second-order valence-electron chi connectivity index (χ2n) is 18.5. The third-order valence-electron chi connectivity index (χ3n) is 12.8. The summed E-state index contributed by atoms with van der Waals surface area (Å²) in [7, 11) is 0. The SMILES string of the molecule is O=C(CCOCCOCCOCCOCCn1cc(COCCOCCOCCOCCOCCCCn2c(CN3C(=O)C4(CN(C(=O)c5cc[nH]n5)C4)c4ccncc43)nc3cc(Cl)ccc32)nn1)Oc1c(F)c(F)cc(F)c1F. The quantitative estimate of drug-likeness (QED) is 0.0176. The minimum atomic E-state index is -1.80. The molecule has 4 aromatic heterocycles. The van der Waals surface area contributed by atoms with Crippen LogP contribution in [0.25, 0.3) is 11.0 Å². The van der Waals surface area contributed by atoms with Crippen LogP contribution in [0.15, 0.2) is 61.2 Å². The number of nitrogens with zero attached hydrogens (tertiary/aromatic N) is 9. The van der Waals surface area contributed by atoms with E-state index in [2.05, 4.69) is 34.8 Å². The van der Waals surface area contributed by atoms with Crippen LogP contribution in [0.4, 0.5) is 23.2 Å². The van der Waals surface area contributed by atoms with Crippen molar-refractivity contribution in [1.29, 1.82) is 0 Å². The summed E-state index contributed by atoms with van der Waals surface area (Å²) in [6.45, 7) is 7.85. The number of ether oxygens (including phenoxy) is 10. The van der Waals surface area contributed by atoms with Crippen LogP contribution in [0.5, 0.6) is 5.75 Å². The number of nitrogens with one attached hydrogen (secondary N) is 1. The molecule has 2 aliphatic heterocycles. The van der Waals surface area contributed by atoms with E-state index in [0.717, 1.165) is 35.3 Å². The van der Waals surface area contributed by atoms with E-state index in [-0.39, 0.29) is 70.5 Å². The van der Waals surface area contributed by atoms with Crippen LogP contribution >= 0.6 is 11.6 Å². The van der Waals surface area contributed by atoms with Crippen LogP contribution < -0.4 is 9.64 Å². The lowest BCUT2D eigenvalue weighted by molar-refractivity contribution is -0.136. The highest BCUT2D eigenvalue weighted by atomic mass is 35.5. The Kier molecular flexibility index (Phi) is 23.2. The van der Waals surface area contributed by atoms with Gasteiger partial charge in [-0.3, -0.25) is 24.5 Å². The first kappa shape index (κ1) is 60.6. The van der Waals surface area contributed by atoms with Crippen molar-refractivity contribution >= 4 is 46.1 Å². The zero-order valence-electron chi connectivity index (χ0n) is 44.4. The van der Waals surface area contributed by atoms with E-state index in [9.17, 15) is 31.9 Å². The molecule has 8 rings (SSSR count). The molecule has 0 saturated carbocycles. The Bertz CT molecular complexity index is 2940. The largest absolute Gasteiger partial charge is 0.420 e. The molecule has 2 aromatic carbocycles. The maximum atomic E-state index is 14.3. The van der Waals surface area contributed by atoms with Gasteiger partial charge in [0.25, 0.3) is 5.91 Å². The number of hydrogen-bond acceptors (Lipinski definition) is 18. The summed E-state index contributed by atoms with van der Waals surface area (Å²) in [4.78, 5) is 51.7. The molecule has 1 fully saturated rings. The van der Waals surface area contributed by atoms with Crippen molar-refractivity contribution < 1.29 is 79.3 Å². The van der Waals surface area contributed by atoms with Crippen LogP contribution in [0.3, 0.4) is 0 Å². The molecule has 1 saturated heterocycles. The molecule has 0 bridgehead atoms. The van der Waals surface area contributed by atoms with E-state index in [1.807, 2.05) is 24.3 Å². The molecule has 6 heterocycles. The molecule has 0 atom stereocenters. The molecule has 1 spiro atoms. The van der Waals surface area contributed by atoms with Gasteiger partial charge in [0, 0.05) is 49.7 Å². The summed E-state index contributed by atoms with van der Waals surface area (Å²) >= 11 is 6.37. The average Bonchev–Trinajstić information content (AvgIpc) is 2.28. The Balaban J connectivity index is 0.578. The molecule has 0 radical (unpaired) electrons. The molecule has 6 aromatic rings. The van der Waals surface area contributed by atoms with Crippen molar-refractivity contribution in [2.45, 2.75) is 50.9 Å². The van der Waals surface area contributed by atoms with E-state index in [1.165, 1.54) is 0 Å². The Morgan fingerprint density at radius 1 is 0.704 bits per heavy atom. The highest BCUT2D eigenvalue weighted by Gasteiger charge is 2.59. The fraction of sp³-hybridized carbons (Fsp3) is 0.509. The number of carbonyl (C=O) groups is 3. The number of anilines is 1. The van der Waals surface area contributed by atoms with Gasteiger partial charge in [-0.15, -0.1) is 5.10 Å². The number of likely N-dealkylation sites (tertiary alicyclic amines) is 1. The third kappa shape index (κ3) is 16.8. The number of imidazole rings is 1. The standard InChI is InChI=1S/C53H63ClF4N10O13/c54-37-3-4-44-43(29-37)61-46(33-68-45-31-59-8-5-39(45)53(52(68)71)35-65(36-53)51(70)42-6-9-60-63-42)67(44)10-1-2-12-72-15-18-75-21-24-78-25-26-79-27-28-80-34-38-32-66(64-62-38)11-14-74-17-20-77-23-22-76-19-16-73-13-7-47(69)81-50-48(57)40(55)30-41(56)49(50)58/h3-6,8-9,29-32H,1-2,7,10-28,33-36H2,(H,60,63). The van der Waals surface area contributed by atoms with Crippen molar-refractivity contribution in [3.63, 3.8) is 0 Å². The number of unbranched alkanes of at least 4 members (excludes halogenated alkanes) is 1. The highest BCUT2D eigenvalue weighted by molar-refractivity contribution is 6.31. The van der Waals surface area contributed by atoms with Gasteiger partial charge >= 0.3 is 5.97 Å². The number of halogens is 5. The summed E-state index contributed by atoms with van der Waals surface area (Å²) in [6, 6.07) is 9.11. The number of hydrogen-bond donors (Lipinski definition) is 1. The number of pyridine rings is 1. The number of aryl methyl sites for hydroxylation is 1. The van der Waals surface area contributed by atoms with Gasteiger partial charge in [-0.1, -0.05) is 16.8 Å². The molecule has 0 aliphatic carbocycles. The van der Waals surface area contributed by atoms with Gasteiger partial charge in [-0.2, -0.15) is 13.9 Å². The smallest absolute Gasteiger partial charge is 0.313 e. The zero-order chi connectivity index (χ0) is 56.8. The Hall–Kier alpha value is -6.53. The summed E-state index contributed by atoms with van der Waals surface area (Å²) in [6.07, 6.45) is 7.95. The molecule has 2 aliphatic rings. The molecular formula is C53H63ClF4N10O13. The number of H-pyrrole nitrogens is 1. The lowest BCUT2D eigenvalue weighted by Crippen LogP contribution is -2.65. The Morgan fingerprint density at radius 3 is 1.96 bits per heavy atom.